The Morgan fingerprint density at radius 3 is 0.851 bits per heavy atom. The molecule has 0 aromatic rings. The summed E-state index contributed by atoms with van der Waals surface area (Å²) in [7, 11) is 0. The van der Waals surface area contributed by atoms with Crippen molar-refractivity contribution in [2.45, 2.75) is 349 Å². The standard InChI is InChI=1S/C61H118O6/c1-6-8-9-10-11-12-13-14-15-21-24-27-30-36-41-46-51-59(62)65-54-58(67-61(64)53-48-43-38-33-32-35-40-45-50-57(5)7-2)55-66-60(63)52-47-42-37-31-28-25-22-19-17-16-18-20-23-26-29-34-39-44-49-56(3)4/h56-58H,6-55H2,1-5H3/t57?,58-/m0/s1. The Morgan fingerprint density at radius 1 is 0.313 bits per heavy atom. The molecule has 0 amide bonds. The van der Waals surface area contributed by atoms with Crippen molar-refractivity contribution >= 4 is 17.9 Å². The quantitative estimate of drug-likeness (QED) is 0.0343. The summed E-state index contributed by atoms with van der Waals surface area (Å²) in [6, 6.07) is 0. The van der Waals surface area contributed by atoms with E-state index in [-0.39, 0.29) is 31.1 Å². The number of unbranched alkanes of at least 4 members (excludes halogenated alkanes) is 39. The summed E-state index contributed by atoms with van der Waals surface area (Å²) in [6.07, 6.45) is 58.1. The number of esters is 3. The SMILES string of the molecule is CCCCCCCCCCCCCCCCCCC(=O)OC[C@@H](COC(=O)CCCCCCCCCCCCCCCCCCCCC(C)C)OC(=O)CCCCCCCCCCC(C)CC. The van der Waals surface area contributed by atoms with Crippen LogP contribution in [-0.2, 0) is 28.6 Å². The van der Waals surface area contributed by atoms with E-state index in [1.54, 1.807) is 0 Å². The minimum Gasteiger partial charge on any atom is -0.462 e. The molecule has 1 unspecified atom stereocenters. The molecule has 398 valence electrons. The van der Waals surface area contributed by atoms with Crippen LogP contribution >= 0.6 is 0 Å². The molecular formula is C61H118O6. The lowest BCUT2D eigenvalue weighted by atomic mass is 9.99. The first-order chi connectivity index (χ1) is 32.8. The first-order valence-corrected chi connectivity index (χ1v) is 30.3. The molecule has 0 aliphatic carbocycles. The fraction of sp³-hybridized carbons (Fsp3) is 0.951. The lowest BCUT2D eigenvalue weighted by molar-refractivity contribution is -0.167. The first kappa shape index (κ1) is 65.4. The van der Waals surface area contributed by atoms with Gasteiger partial charge in [0.15, 0.2) is 6.10 Å². The molecule has 67 heavy (non-hydrogen) atoms. The fourth-order valence-corrected chi connectivity index (χ4v) is 9.37. The van der Waals surface area contributed by atoms with E-state index < -0.39 is 6.10 Å². The predicted molar refractivity (Wildman–Crippen MR) is 289 cm³/mol. The van der Waals surface area contributed by atoms with E-state index in [1.165, 1.54) is 231 Å². The van der Waals surface area contributed by atoms with Gasteiger partial charge in [0.05, 0.1) is 0 Å². The van der Waals surface area contributed by atoms with Crippen LogP contribution in [0.1, 0.15) is 343 Å². The number of carbonyl (C=O) groups is 3. The molecule has 0 bridgehead atoms. The third kappa shape index (κ3) is 53.6. The van der Waals surface area contributed by atoms with Crippen LogP contribution in [0.4, 0.5) is 0 Å². The van der Waals surface area contributed by atoms with E-state index >= 15 is 0 Å². The zero-order chi connectivity index (χ0) is 48.9. The summed E-state index contributed by atoms with van der Waals surface area (Å²) in [6.45, 7) is 11.4. The lowest BCUT2D eigenvalue weighted by Crippen LogP contribution is -2.30. The summed E-state index contributed by atoms with van der Waals surface area (Å²) in [5, 5.41) is 0. The van der Waals surface area contributed by atoms with Gasteiger partial charge in [-0.05, 0) is 31.1 Å². The molecular weight excluding hydrogens is 829 g/mol. The number of ether oxygens (including phenoxy) is 3. The van der Waals surface area contributed by atoms with Gasteiger partial charge in [-0.25, -0.2) is 0 Å². The molecule has 0 aromatic heterocycles. The second kappa shape index (κ2) is 53.8. The van der Waals surface area contributed by atoms with Crippen LogP contribution < -0.4 is 0 Å². The van der Waals surface area contributed by atoms with Crippen molar-refractivity contribution in [3.63, 3.8) is 0 Å². The zero-order valence-corrected chi connectivity index (χ0v) is 46.0. The minimum absolute atomic E-state index is 0.0629. The number of rotatable bonds is 55. The number of hydrogen-bond acceptors (Lipinski definition) is 6. The van der Waals surface area contributed by atoms with Gasteiger partial charge >= 0.3 is 17.9 Å². The monoisotopic (exact) mass is 947 g/mol. The summed E-state index contributed by atoms with van der Waals surface area (Å²) in [5.41, 5.74) is 0. The van der Waals surface area contributed by atoms with E-state index in [4.69, 9.17) is 14.2 Å². The van der Waals surface area contributed by atoms with Crippen LogP contribution in [0.15, 0.2) is 0 Å². The van der Waals surface area contributed by atoms with Gasteiger partial charge in [0.25, 0.3) is 0 Å². The lowest BCUT2D eigenvalue weighted by Gasteiger charge is -2.18. The molecule has 0 saturated carbocycles. The molecule has 2 atom stereocenters. The Labute approximate surface area is 418 Å². The predicted octanol–water partition coefficient (Wildman–Crippen LogP) is 20.0. The maximum atomic E-state index is 12.8. The van der Waals surface area contributed by atoms with Crippen LogP contribution in [0.25, 0.3) is 0 Å². The van der Waals surface area contributed by atoms with Crippen molar-refractivity contribution < 1.29 is 28.6 Å². The molecule has 0 rings (SSSR count). The zero-order valence-electron chi connectivity index (χ0n) is 46.0. The van der Waals surface area contributed by atoms with E-state index in [9.17, 15) is 14.4 Å². The van der Waals surface area contributed by atoms with Gasteiger partial charge in [-0.3, -0.25) is 14.4 Å². The van der Waals surface area contributed by atoms with Crippen LogP contribution in [0.5, 0.6) is 0 Å². The highest BCUT2D eigenvalue weighted by molar-refractivity contribution is 5.71. The van der Waals surface area contributed by atoms with Gasteiger partial charge in [-0.15, -0.1) is 0 Å². The Balaban J connectivity index is 4.23. The summed E-state index contributed by atoms with van der Waals surface area (Å²) in [5.74, 6) is 0.865. The third-order valence-electron chi connectivity index (χ3n) is 14.3. The van der Waals surface area contributed by atoms with E-state index in [0.29, 0.717) is 19.3 Å². The largest absolute Gasteiger partial charge is 0.462 e. The number of carbonyl (C=O) groups excluding carboxylic acids is 3. The molecule has 0 fully saturated rings. The summed E-state index contributed by atoms with van der Waals surface area (Å²) < 4.78 is 16.9. The fourth-order valence-electron chi connectivity index (χ4n) is 9.37. The van der Waals surface area contributed by atoms with Gasteiger partial charge in [-0.1, -0.05) is 304 Å². The van der Waals surface area contributed by atoms with Crippen LogP contribution in [0, 0.1) is 11.8 Å². The van der Waals surface area contributed by atoms with E-state index in [1.807, 2.05) is 0 Å². The minimum atomic E-state index is -0.763. The highest BCUT2D eigenvalue weighted by atomic mass is 16.6. The van der Waals surface area contributed by atoms with Crippen LogP contribution in [0.2, 0.25) is 0 Å². The third-order valence-corrected chi connectivity index (χ3v) is 14.3. The molecule has 0 aliphatic rings. The summed E-state index contributed by atoms with van der Waals surface area (Å²) >= 11 is 0. The smallest absolute Gasteiger partial charge is 0.306 e. The highest BCUT2D eigenvalue weighted by Gasteiger charge is 2.19. The van der Waals surface area contributed by atoms with Crippen molar-refractivity contribution in [2.75, 3.05) is 13.2 Å². The van der Waals surface area contributed by atoms with Crippen LogP contribution in [0.3, 0.4) is 0 Å². The average molecular weight is 948 g/mol. The molecule has 0 saturated heterocycles. The second-order valence-corrected chi connectivity index (χ2v) is 21.7. The second-order valence-electron chi connectivity index (χ2n) is 21.7. The average Bonchev–Trinajstić information content (AvgIpc) is 3.31. The molecule has 0 spiro atoms. The van der Waals surface area contributed by atoms with Gasteiger partial charge < -0.3 is 14.2 Å². The highest BCUT2D eigenvalue weighted by Crippen LogP contribution is 2.19. The van der Waals surface area contributed by atoms with Crippen molar-refractivity contribution in [3.8, 4) is 0 Å². The van der Waals surface area contributed by atoms with Gasteiger partial charge in [0.1, 0.15) is 13.2 Å². The van der Waals surface area contributed by atoms with Gasteiger partial charge in [-0.2, -0.15) is 0 Å². The Morgan fingerprint density at radius 2 is 0.567 bits per heavy atom. The van der Waals surface area contributed by atoms with Crippen molar-refractivity contribution in [3.05, 3.63) is 0 Å². The summed E-state index contributed by atoms with van der Waals surface area (Å²) in [4.78, 5) is 38.2. The normalized spacial score (nSPS) is 12.4. The topological polar surface area (TPSA) is 78.9 Å². The van der Waals surface area contributed by atoms with Crippen LogP contribution in [-0.4, -0.2) is 37.2 Å². The molecule has 0 N–H and O–H groups in total. The number of hydrogen-bond donors (Lipinski definition) is 0. The Bertz CT molecular complexity index is 1030. The first-order valence-electron chi connectivity index (χ1n) is 30.3. The molecule has 6 heteroatoms. The molecule has 0 aromatic carbocycles. The maximum Gasteiger partial charge on any atom is 0.306 e. The van der Waals surface area contributed by atoms with Crippen molar-refractivity contribution in [1.82, 2.24) is 0 Å². The van der Waals surface area contributed by atoms with E-state index in [0.717, 1.165) is 69.6 Å². The Hall–Kier alpha value is -1.59. The maximum absolute atomic E-state index is 12.8. The molecule has 0 aliphatic heterocycles. The molecule has 0 heterocycles. The van der Waals surface area contributed by atoms with E-state index in [2.05, 4.69) is 34.6 Å². The Kier molecular flexibility index (Phi) is 52.5. The van der Waals surface area contributed by atoms with Crippen molar-refractivity contribution in [1.29, 1.82) is 0 Å². The van der Waals surface area contributed by atoms with Crippen molar-refractivity contribution in [2.24, 2.45) is 11.8 Å². The molecule has 6 nitrogen and oxygen atoms in total. The molecule has 0 radical (unpaired) electrons. The van der Waals surface area contributed by atoms with Gasteiger partial charge in [0.2, 0.25) is 0 Å². The van der Waals surface area contributed by atoms with Gasteiger partial charge in [0, 0.05) is 19.3 Å².